The molecule has 0 atom stereocenters. The zero-order chi connectivity index (χ0) is 23.2. The van der Waals surface area contributed by atoms with Crippen molar-refractivity contribution >= 4 is 34.0 Å². The molecule has 0 bridgehead atoms. The van der Waals surface area contributed by atoms with Crippen molar-refractivity contribution in [2.24, 2.45) is 7.05 Å². The summed E-state index contributed by atoms with van der Waals surface area (Å²) in [5, 5.41) is 3.03. The Morgan fingerprint density at radius 3 is 2.71 bits per heavy atom. The minimum absolute atomic E-state index is 0.107. The predicted octanol–water partition coefficient (Wildman–Crippen LogP) is 2.35. The Balaban J connectivity index is 1.30. The van der Waals surface area contributed by atoms with Crippen LogP contribution in [0.4, 0.5) is 11.6 Å². The number of nitrogens with one attached hydrogen (secondary N) is 2. The Morgan fingerprint density at radius 1 is 1.09 bits per heavy atom. The largest absolute Gasteiger partial charge is 0.373 e. The van der Waals surface area contributed by atoms with Gasteiger partial charge in [-0.25, -0.2) is 29.7 Å². The highest BCUT2D eigenvalue weighted by Crippen LogP contribution is 2.31. The van der Waals surface area contributed by atoms with E-state index in [1.807, 2.05) is 47.5 Å². The highest BCUT2D eigenvalue weighted by Gasteiger charge is 2.27. The van der Waals surface area contributed by atoms with Crippen molar-refractivity contribution in [2.75, 3.05) is 30.4 Å². The molecule has 1 fully saturated rings. The summed E-state index contributed by atoms with van der Waals surface area (Å²) < 4.78 is 3.82. The molecular formula is C23H24N10O. The molecular weight excluding hydrogens is 432 g/mol. The van der Waals surface area contributed by atoms with Gasteiger partial charge in [-0.1, -0.05) is 0 Å². The quantitative estimate of drug-likeness (QED) is 0.423. The van der Waals surface area contributed by atoms with Gasteiger partial charge in [-0.15, -0.1) is 0 Å². The van der Waals surface area contributed by atoms with Crippen LogP contribution in [-0.2, 0) is 7.05 Å². The first kappa shape index (κ1) is 20.3. The highest BCUT2D eigenvalue weighted by molar-refractivity contribution is 5.86. The molecule has 0 amide bonds. The van der Waals surface area contributed by atoms with Crippen LogP contribution in [0, 0.1) is 0 Å². The average molecular weight is 457 g/mol. The lowest BCUT2D eigenvalue weighted by atomic mass is 10.0. The second-order valence-electron chi connectivity index (χ2n) is 8.44. The van der Waals surface area contributed by atoms with E-state index in [0.29, 0.717) is 5.65 Å². The van der Waals surface area contributed by atoms with Gasteiger partial charge in [-0.05, 0) is 37.1 Å². The minimum Gasteiger partial charge on any atom is -0.373 e. The molecule has 0 radical (unpaired) electrons. The molecule has 0 aromatic carbocycles. The van der Waals surface area contributed by atoms with Crippen LogP contribution in [0.3, 0.4) is 0 Å². The summed E-state index contributed by atoms with van der Waals surface area (Å²) in [7, 11) is 3.80. The number of aromatic amines is 1. The Labute approximate surface area is 194 Å². The number of hydrogen-bond acceptors (Lipinski definition) is 8. The van der Waals surface area contributed by atoms with Gasteiger partial charge >= 0.3 is 5.69 Å². The van der Waals surface area contributed by atoms with Gasteiger partial charge in [0.25, 0.3) is 0 Å². The second-order valence-corrected chi connectivity index (χ2v) is 8.44. The second kappa shape index (κ2) is 7.94. The van der Waals surface area contributed by atoms with Crippen LogP contribution in [0.5, 0.6) is 0 Å². The Hall–Kier alpha value is -4.28. The molecule has 1 saturated heterocycles. The third-order valence-corrected chi connectivity index (χ3v) is 6.53. The van der Waals surface area contributed by atoms with Gasteiger partial charge in [0, 0.05) is 51.2 Å². The van der Waals surface area contributed by atoms with Gasteiger partial charge < -0.3 is 14.8 Å². The molecule has 1 aliphatic rings. The van der Waals surface area contributed by atoms with E-state index in [1.165, 1.54) is 0 Å². The van der Waals surface area contributed by atoms with E-state index in [0.717, 1.165) is 65.6 Å². The zero-order valence-electron chi connectivity index (χ0n) is 18.9. The van der Waals surface area contributed by atoms with Crippen LogP contribution in [0.25, 0.3) is 33.7 Å². The van der Waals surface area contributed by atoms with Gasteiger partial charge in [-0.2, -0.15) is 0 Å². The summed E-state index contributed by atoms with van der Waals surface area (Å²) >= 11 is 0. The monoisotopic (exact) mass is 456 g/mol. The maximum atomic E-state index is 12.6. The smallest absolute Gasteiger partial charge is 0.327 e. The summed E-state index contributed by atoms with van der Waals surface area (Å²) in [6.45, 7) is 1.53. The number of H-pyrrole nitrogens is 1. The van der Waals surface area contributed by atoms with Gasteiger partial charge in [0.2, 0.25) is 0 Å². The summed E-state index contributed by atoms with van der Waals surface area (Å²) in [4.78, 5) is 40.4. The number of fused-ring (bicyclic) bond motifs is 2. The molecule has 34 heavy (non-hydrogen) atoms. The average Bonchev–Trinajstić information content (AvgIpc) is 3.40. The highest BCUT2D eigenvalue weighted by atomic mass is 16.1. The van der Waals surface area contributed by atoms with E-state index in [1.54, 1.807) is 18.7 Å². The number of imidazole rings is 2. The first-order valence-corrected chi connectivity index (χ1v) is 11.3. The normalized spacial score (nSPS) is 14.8. The van der Waals surface area contributed by atoms with E-state index < -0.39 is 0 Å². The SMILES string of the molecule is CNc1ccc(-c2nc3c(N4CCC(n5c(=O)[nH]c6ncccc65)CC4)ncnc3n2C)cn1. The molecule has 0 saturated carbocycles. The van der Waals surface area contributed by atoms with Crippen molar-refractivity contribution in [2.45, 2.75) is 18.9 Å². The van der Waals surface area contributed by atoms with Crippen LogP contribution < -0.4 is 15.9 Å². The number of hydrogen-bond donors (Lipinski definition) is 2. The van der Waals surface area contributed by atoms with E-state index in [2.05, 4.69) is 35.1 Å². The number of piperidine rings is 1. The summed E-state index contributed by atoms with van der Waals surface area (Å²) in [5.41, 5.74) is 3.83. The Kier molecular flexibility index (Phi) is 4.75. The lowest BCUT2D eigenvalue weighted by Gasteiger charge is -2.33. The number of pyridine rings is 2. The predicted molar refractivity (Wildman–Crippen MR) is 130 cm³/mol. The fraction of sp³-hybridized carbons (Fsp3) is 0.304. The summed E-state index contributed by atoms with van der Waals surface area (Å²) in [5.74, 6) is 2.41. The molecule has 5 aromatic heterocycles. The summed E-state index contributed by atoms with van der Waals surface area (Å²) in [6.07, 6.45) is 6.73. The summed E-state index contributed by atoms with van der Waals surface area (Å²) in [6, 6.07) is 7.82. The molecule has 11 heteroatoms. The van der Waals surface area contributed by atoms with Crippen molar-refractivity contribution in [3.8, 4) is 11.4 Å². The number of aromatic nitrogens is 8. The molecule has 6 heterocycles. The lowest BCUT2D eigenvalue weighted by molar-refractivity contribution is 0.395. The first-order chi connectivity index (χ1) is 16.6. The number of nitrogens with zero attached hydrogens (tertiary/aromatic N) is 8. The van der Waals surface area contributed by atoms with Crippen LogP contribution in [0.15, 0.2) is 47.8 Å². The Bertz CT molecular complexity index is 1540. The van der Waals surface area contributed by atoms with Crippen molar-refractivity contribution in [3.05, 3.63) is 53.5 Å². The van der Waals surface area contributed by atoms with E-state index in [-0.39, 0.29) is 11.7 Å². The minimum atomic E-state index is -0.108. The Morgan fingerprint density at radius 2 is 1.94 bits per heavy atom. The maximum Gasteiger partial charge on any atom is 0.327 e. The van der Waals surface area contributed by atoms with Gasteiger partial charge in [-0.3, -0.25) is 9.55 Å². The van der Waals surface area contributed by atoms with Crippen LogP contribution in [0.2, 0.25) is 0 Å². The van der Waals surface area contributed by atoms with Crippen LogP contribution in [0.1, 0.15) is 18.9 Å². The molecule has 2 N–H and O–H groups in total. The van der Waals surface area contributed by atoms with Gasteiger partial charge in [0.15, 0.2) is 22.6 Å². The van der Waals surface area contributed by atoms with Crippen LogP contribution in [-0.4, -0.2) is 59.2 Å². The number of anilines is 2. The molecule has 11 nitrogen and oxygen atoms in total. The molecule has 172 valence electrons. The van der Waals surface area contributed by atoms with Crippen molar-refractivity contribution in [3.63, 3.8) is 0 Å². The lowest BCUT2D eigenvalue weighted by Crippen LogP contribution is -2.37. The molecule has 0 aliphatic carbocycles. The zero-order valence-corrected chi connectivity index (χ0v) is 18.9. The first-order valence-electron chi connectivity index (χ1n) is 11.3. The van der Waals surface area contributed by atoms with Crippen molar-refractivity contribution in [1.82, 2.24) is 39.0 Å². The topological polar surface area (TPSA) is 122 Å². The van der Waals surface area contributed by atoms with Crippen LogP contribution >= 0.6 is 0 Å². The van der Waals surface area contributed by atoms with Gasteiger partial charge in [0.1, 0.15) is 18.0 Å². The standard InChI is InChI=1S/C23H24N10O/c1-24-17-6-5-14(12-26-17)20-29-18-21(31(20)2)27-13-28-22(18)32-10-7-15(8-11-32)33-16-4-3-9-25-19(16)30-23(33)34/h3-6,9,12-13,15H,7-8,10-11H2,1-2H3,(H,24,26)(H,25,30,34). The molecule has 6 rings (SSSR count). The molecule has 0 unspecified atom stereocenters. The molecule has 0 spiro atoms. The third kappa shape index (κ3) is 3.19. The van der Waals surface area contributed by atoms with Crippen molar-refractivity contribution < 1.29 is 0 Å². The third-order valence-electron chi connectivity index (χ3n) is 6.53. The van der Waals surface area contributed by atoms with E-state index in [9.17, 15) is 4.79 Å². The van der Waals surface area contributed by atoms with E-state index in [4.69, 9.17) is 4.98 Å². The molecule has 5 aromatic rings. The van der Waals surface area contributed by atoms with Crippen molar-refractivity contribution in [1.29, 1.82) is 0 Å². The van der Waals surface area contributed by atoms with Gasteiger partial charge in [0.05, 0.1) is 5.52 Å². The maximum absolute atomic E-state index is 12.6. The fourth-order valence-corrected chi connectivity index (χ4v) is 4.81. The molecule has 1 aliphatic heterocycles. The number of rotatable bonds is 4. The number of aryl methyl sites for hydroxylation is 1. The fourth-order valence-electron chi connectivity index (χ4n) is 4.81. The van der Waals surface area contributed by atoms with E-state index >= 15 is 0 Å².